The van der Waals surface area contributed by atoms with Crippen molar-refractivity contribution < 1.29 is 9.59 Å². The molecule has 0 spiro atoms. The van der Waals surface area contributed by atoms with Gasteiger partial charge in [-0.3, -0.25) is 9.59 Å². The van der Waals surface area contributed by atoms with Crippen molar-refractivity contribution in [1.29, 1.82) is 0 Å². The van der Waals surface area contributed by atoms with Gasteiger partial charge in [0, 0.05) is 18.8 Å². The quantitative estimate of drug-likeness (QED) is 0.735. The maximum Gasteiger partial charge on any atom is 0.133 e. The maximum atomic E-state index is 12.0. The van der Waals surface area contributed by atoms with Crippen molar-refractivity contribution >= 4 is 11.6 Å². The van der Waals surface area contributed by atoms with E-state index >= 15 is 0 Å². The van der Waals surface area contributed by atoms with Gasteiger partial charge in [0.2, 0.25) is 0 Å². The van der Waals surface area contributed by atoms with Crippen LogP contribution < -0.4 is 0 Å². The summed E-state index contributed by atoms with van der Waals surface area (Å²) in [6.45, 7) is 4.12. The molecule has 0 saturated heterocycles. The summed E-state index contributed by atoms with van der Waals surface area (Å²) in [5.41, 5.74) is 3.18. The monoisotopic (exact) mass is 300 g/mol. The highest BCUT2D eigenvalue weighted by Crippen LogP contribution is 2.57. The molecular weight excluding hydrogens is 272 g/mol. The van der Waals surface area contributed by atoms with Crippen molar-refractivity contribution in [2.75, 3.05) is 0 Å². The second-order valence-corrected chi connectivity index (χ2v) is 7.76. The lowest BCUT2D eigenvalue weighted by molar-refractivity contribution is -0.124. The highest BCUT2D eigenvalue weighted by Gasteiger charge is 2.50. The molecule has 0 heterocycles. The Morgan fingerprint density at radius 3 is 2.50 bits per heavy atom. The molecule has 0 bridgehead atoms. The minimum Gasteiger partial charge on any atom is -0.300 e. The number of allylic oxidation sites excluding steroid dienone is 4. The first-order chi connectivity index (χ1) is 10.5. The molecule has 0 N–H and O–H groups in total. The Bertz CT molecular complexity index is 528. The Labute approximate surface area is 134 Å². The van der Waals surface area contributed by atoms with Crippen LogP contribution >= 0.6 is 0 Å². The van der Waals surface area contributed by atoms with Crippen molar-refractivity contribution in [2.45, 2.75) is 71.6 Å². The van der Waals surface area contributed by atoms with Gasteiger partial charge in [0.15, 0.2) is 0 Å². The first kappa shape index (κ1) is 15.7. The fourth-order valence-electron chi connectivity index (χ4n) is 5.15. The van der Waals surface area contributed by atoms with Crippen LogP contribution in [0.2, 0.25) is 0 Å². The molecule has 0 aromatic heterocycles. The highest BCUT2D eigenvalue weighted by molar-refractivity contribution is 5.80. The number of carbonyl (C=O) groups excluding carboxylic acids is 2. The molecule has 3 rings (SSSR count). The standard InChI is InChI=1S/C20H28O2/c1-14(21)18-11-12-19-16(4-3-13-20(18,19)2)8-5-15-6-9-17(22)10-7-15/h5,8,18-19H,3-4,6-7,9-13H2,1-2H3/b16-8+/t18-,19+,20-/m1/s1. The Kier molecular flexibility index (Phi) is 4.38. The van der Waals surface area contributed by atoms with Crippen LogP contribution in [0.15, 0.2) is 23.3 Å². The van der Waals surface area contributed by atoms with Gasteiger partial charge in [0.25, 0.3) is 0 Å². The Balaban J connectivity index is 1.77. The van der Waals surface area contributed by atoms with E-state index in [2.05, 4.69) is 19.1 Å². The molecule has 2 heteroatoms. The second-order valence-electron chi connectivity index (χ2n) is 7.76. The molecule has 3 aliphatic rings. The largest absolute Gasteiger partial charge is 0.300 e. The molecule has 0 aromatic carbocycles. The molecule has 3 atom stereocenters. The van der Waals surface area contributed by atoms with Gasteiger partial charge in [0.05, 0.1) is 0 Å². The molecule has 22 heavy (non-hydrogen) atoms. The number of fused-ring (bicyclic) bond motifs is 1. The van der Waals surface area contributed by atoms with E-state index in [1.807, 2.05) is 0 Å². The lowest BCUT2D eigenvalue weighted by Crippen LogP contribution is -2.36. The van der Waals surface area contributed by atoms with E-state index in [-0.39, 0.29) is 11.3 Å². The third-order valence-corrected chi connectivity index (χ3v) is 6.44. The smallest absolute Gasteiger partial charge is 0.133 e. The second kappa shape index (κ2) is 6.14. The summed E-state index contributed by atoms with van der Waals surface area (Å²) in [6.07, 6.45) is 13.8. The Morgan fingerprint density at radius 1 is 1.09 bits per heavy atom. The van der Waals surface area contributed by atoms with E-state index in [0.29, 0.717) is 17.5 Å². The van der Waals surface area contributed by atoms with Crippen LogP contribution in [-0.2, 0) is 9.59 Å². The Morgan fingerprint density at radius 2 is 1.82 bits per heavy atom. The van der Waals surface area contributed by atoms with Gasteiger partial charge in [-0.1, -0.05) is 30.2 Å². The summed E-state index contributed by atoms with van der Waals surface area (Å²) in [6, 6.07) is 0. The molecule has 2 nitrogen and oxygen atoms in total. The first-order valence-corrected chi connectivity index (χ1v) is 8.91. The van der Waals surface area contributed by atoms with Crippen LogP contribution in [0.1, 0.15) is 71.6 Å². The fraction of sp³-hybridized carbons (Fsp3) is 0.700. The van der Waals surface area contributed by atoms with Gasteiger partial charge in [-0.05, 0) is 63.2 Å². The minimum atomic E-state index is 0.191. The van der Waals surface area contributed by atoms with E-state index in [0.717, 1.165) is 32.1 Å². The molecule has 120 valence electrons. The number of ketones is 2. The van der Waals surface area contributed by atoms with Crippen molar-refractivity contribution in [2.24, 2.45) is 17.3 Å². The molecule has 0 aromatic rings. The van der Waals surface area contributed by atoms with Gasteiger partial charge in [-0.2, -0.15) is 0 Å². The van der Waals surface area contributed by atoms with E-state index in [1.165, 1.54) is 31.3 Å². The van der Waals surface area contributed by atoms with E-state index in [1.54, 1.807) is 12.5 Å². The summed E-state index contributed by atoms with van der Waals surface area (Å²) in [7, 11) is 0. The molecule has 0 unspecified atom stereocenters. The fourth-order valence-corrected chi connectivity index (χ4v) is 5.15. The number of hydrogen-bond donors (Lipinski definition) is 0. The van der Waals surface area contributed by atoms with Crippen LogP contribution in [0, 0.1) is 17.3 Å². The number of carbonyl (C=O) groups is 2. The average molecular weight is 300 g/mol. The zero-order valence-corrected chi connectivity index (χ0v) is 14.0. The van der Waals surface area contributed by atoms with Crippen LogP contribution in [0.3, 0.4) is 0 Å². The van der Waals surface area contributed by atoms with Gasteiger partial charge < -0.3 is 0 Å². The number of hydrogen-bond acceptors (Lipinski definition) is 2. The minimum absolute atomic E-state index is 0.191. The summed E-state index contributed by atoms with van der Waals surface area (Å²) < 4.78 is 0. The summed E-state index contributed by atoms with van der Waals surface area (Å²) in [5, 5.41) is 0. The normalized spacial score (nSPS) is 37.3. The first-order valence-electron chi connectivity index (χ1n) is 8.91. The molecular formula is C20H28O2. The zero-order chi connectivity index (χ0) is 15.7. The molecule has 0 aliphatic heterocycles. The van der Waals surface area contributed by atoms with Crippen molar-refractivity contribution in [3.63, 3.8) is 0 Å². The van der Waals surface area contributed by atoms with E-state index in [4.69, 9.17) is 0 Å². The summed E-state index contributed by atoms with van der Waals surface area (Å²) in [4.78, 5) is 23.3. The van der Waals surface area contributed by atoms with Crippen molar-refractivity contribution in [3.8, 4) is 0 Å². The molecule has 0 radical (unpaired) electrons. The third kappa shape index (κ3) is 2.85. The van der Waals surface area contributed by atoms with Gasteiger partial charge in [-0.15, -0.1) is 0 Å². The SMILES string of the molecule is CC(=O)[C@H]1CC[C@H]2/C(=C/C=C3CCC(=O)CC3)CCC[C@]12C. The van der Waals surface area contributed by atoms with Gasteiger partial charge in [0.1, 0.15) is 11.6 Å². The lowest BCUT2D eigenvalue weighted by Gasteiger charge is -2.41. The molecule has 3 fully saturated rings. The van der Waals surface area contributed by atoms with Crippen LogP contribution in [0.5, 0.6) is 0 Å². The van der Waals surface area contributed by atoms with Crippen LogP contribution in [0.4, 0.5) is 0 Å². The maximum absolute atomic E-state index is 12.0. The van der Waals surface area contributed by atoms with Crippen LogP contribution in [-0.4, -0.2) is 11.6 Å². The summed E-state index contributed by atoms with van der Waals surface area (Å²) in [5.74, 6) is 1.66. The number of rotatable bonds is 2. The van der Waals surface area contributed by atoms with Crippen molar-refractivity contribution in [1.82, 2.24) is 0 Å². The molecule has 3 aliphatic carbocycles. The van der Waals surface area contributed by atoms with Crippen molar-refractivity contribution in [3.05, 3.63) is 23.3 Å². The third-order valence-electron chi connectivity index (χ3n) is 6.44. The zero-order valence-electron chi connectivity index (χ0n) is 14.0. The average Bonchev–Trinajstić information content (AvgIpc) is 2.84. The summed E-state index contributed by atoms with van der Waals surface area (Å²) >= 11 is 0. The Hall–Kier alpha value is -1.18. The van der Waals surface area contributed by atoms with E-state index < -0.39 is 0 Å². The number of Topliss-reactive ketones (excluding diaryl/α,β-unsaturated/α-hetero) is 2. The predicted octanol–water partition coefficient (Wildman–Crippen LogP) is 4.79. The predicted molar refractivity (Wildman–Crippen MR) is 88.5 cm³/mol. The van der Waals surface area contributed by atoms with E-state index in [9.17, 15) is 9.59 Å². The molecule has 3 saturated carbocycles. The van der Waals surface area contributed by atoms with Gasteiger partial charge in [-0.25, -0.2) is 0 Å². The topological polar surface area (TPSA) is 34.1 Å². The van der Waals surface area contributed by atoms with Crippen LogP contribution in [0.25, 0.3) is 0 Å². The lowest BCUT2D eigenvalue weighted by atomic mass is 9.63. The molecule has 0 amide bonds. The van der Waals surface area contributed by atoms with Gasteiger partial charge >= 0.3 is 0 Å². The highest BCUT2D eigenvalue weighted by atomic mass is 16.1.